The zero-order chi connectivity index (χ0) is 11.1. The van der Waals surface area contributed by atoms with Crippen LogP contribution in [0.3, 0.4) is 0 Å². The van der Waals surface area contributed by atoms with Crippen molar-refractivity contribution >= 4 is 0 Å². The molecule has 0 bridgehead atoms. The lowest BCUT2D eigenvalue weighted by Crippen LogP contribution is -2.21. The van der Waals surface area contributed by atoms with E-state index < -0.39 is 0 Å². The number of hydrogen-bond acceptors (Lipinski definition) is 3. The van der Waals surface area contributed by atoms with E-state index in [2.05, 4.69) is 11.4 Å². The van der Waals surface area contributed by atoms with Gasteiger partial charge in [-0.15, -0.1) is 0 Å². The molecular formula is C12H16N2O. The van der Waals surface area contributed by atoms with Crippen LogP contribution in [0.25, 0.3) is 0 Å². The molecule has 0 heterocycles. The van der Waals surface area contributed by atoms with Crippen LogP contribution in [0.5, 0.6) is 0 Å². The van der Waals surface area contributed by atoms with Crippen LogP contribution in [0.1, 0.15) is 23.6 Å². The van der Waals surface area contributed by atoms with Gasteiger partial charge in [0.15, 0.2) is 0 Å². The Balaban J connectivity index is 2.63. The maximum absolute atomic E-state index is 8.99. The Kier molecular flexibility index (Phi) is 4.82. The molecule has 0 saturated carbocycles. The molecule has 80 valence electrons. The predicted octanol–water partition coefficient (Wildman–Crippen LogP) is 1.53. The average molecular weight is 204 g/mol. The van der Waals surface area contributed by atoms with Gasteiger partial charge >= 0.3 is 0 Å². The Morgan fingerprint density at radius 2 is 2.33 bits per heavy atom. The normalized spacial score (nSPS) is 12.1. The molecule has 1 aromatic carbocycles. The van der Waals surface area contributed by atoms with Gasteiger partial charge < -0.3 is 5.11 Å². The number of nitrogens with zero attached hydrogens (tertiary/aromatic N) is 1. The van der Waals surface area contributed by atoms with Gasteiger partial charge in [0.05, 0.1) is 6.07 Å². The van der Waals surface area contributed by atoms with Crippen molar-refractivity contribution in [2.24, 2.45) is 0 Å². The molecule has 0 aliphatic carbocycles. The summed E-state index contributed by atoms with van der Waals surface area (Å²) in [5, 5.41) is 20.7. The summed E-state index contributed by atoms with van der Waals surface area (Å²) in [4.78, 5) is 0. The lowest BCUT2D eigenvalue weighted by atomic mass is 10.1. The number of hydrogen-bond donors (Lipinski definition) is 2. The highest BCUT2D eigenvalue weighted by Gasteiger charge is 2.08. The summed E-state index contributed by atoms with van der Waals surface area (Å²) in [5.41, 5.74) is 2.13. The van der Waals surface area contributed by atoms with Crippen LogP contribution in [0.2, 0.25) is 0 Å². The first-order valence-corrected chi connectivity index (χ1v) is 5.08. The summed E-state index contributed by atoms with van der Waals surface area (Å²) in [6.07, 6.45) is 0.671. The first-order chi connectivity index (χ1) is 7.27. The molecule has 3 nitrogen and oxygen atoms in total. The van der Waals surface area contributed by atoms with Crippen molar-refractivity contribution in [3.63, 3.8) is 0 Å². The van der Waals surface area contributed by atoms with Crippen molar-refractivity contribution < 1.29 is 5.11 Å². The minimum atomic E-state index is -0.281. The van der Waals surface area contributed by atoms with Crippen LogP contribution in [-0.2, 0) is 0 Å². The average Bonchev–Trinajstić information content (AvgIpc) is 2.24. The van der Waals surface area contributed by atoms with E-state index in [1.165, 1.54) is 0 Å². The zero-order valence-corrected chi connectivity index (χ0v) is 8.90. The Labute approximate surface area is 90.4 Å². The number of nitriles is 1. The van der Waals surface area contributed by atoms with Gasteiger partial charge in [-0.2, -0.15) is 5.26 Å². The number of aryl methyl sites for hydroxylation is 1. The van der Waals surface area contributed by atoms with Crippen molar-refractivity contribution in [1.29, 1.82) is 5.26 Å². The van der Waals surface area contributed by atoms with Crippen LogP contribution in [-0.4, -0.2) is 18.3 Å². The first kappa shape index (κ1) is 11.7. The summed E-state index contributed by atoms with van der Waals surface area (Å²) in [7, 11) is 0. The maximum atomic E-state index is 8.99. The molecule has 0 saturated heterocycles. The molecule has 1 aromatic rings. The molecule has 0 aromatic heterocycles. The molecule has 3 heteroatoms. The highest BCUT2D eigenvalue weighted by Crippen LogP contribution is 2.13. The van der Waals surface area contributed by atoms with Gasteiger partial charge in [-0.05, 0) is 25.5 Å². The molecular weight excluding hydrogens is 188 g/mol. The van der Waals surface area contributed by atoms with Crippen LogP contribution < -0.4 is 5.32 Å². The van der Waals surface area contributed by atoms with E-state index in [-0.39, 0.29) is 12.6 Å². The lowest BCUT2D eigenvalue weighted by molar-refractivity contribution is 0.285. The SMILES string of the molecule is Cc1cccc(C(C#N)NCCCO)c1. The van der Waals surface area contributed by atoms with Crippen LogP contribution in [0.15, 0.2) is 24.3 Å². The summed E-state index contributed by atoms with van der Waals surface area (Å²) in [6.45, 7) is 2.81. The smallest absolute Gasteiger partial charge is 0.121 e. The third-order valence-electron chi connectivity index (χ3n) is 2.19. The molecule has 0 aliphatic rings. The Bertz CT molecular complexity index is 344. The van der Waals surface area contributed by atoms with Gasteiger partial charge in [-0.25, -0.2) is 0 Å². The fraction of sp³-hybridized carbons (Fsp3) is 0.417. The topological polar surface area (TPSA) is 56.0 Å². The highest BCUT2D eigenvalue weighted by molar-refractivity contribution is 5.28. The van der Waals surface area contributed by atoms with Gasteiger partial charge in [0.1, 0.15) is 6.04 Å². The van der Waals surface area contributed by atoms with Gasteiger partial charge in [-0.1, -0.05) is 29.8 Å². The van der Waals surface area contributed by atoms with E-state index in [1.807, 2.05) is 31.2 Å². The number of benzene rings is 1. The standard InChI is InChI=1S/C12H16N2O/c1-10-4-2-5-11(8-10)12(9-13)14-6-3-7-15/h2,4-5,8,12,14-15H,3,6-7H2,1H3. The van der Waals surface area contributed by atoms with E-state index in [0.29, 0.717) is 13.0 Å². The van der Waals surface area contributed by atoms with Crippen LogP contribution in [0, 0.1) is 18.3 Å². The lowest BCUT2D eigenvalue weighted by Gasteiger charge is -2.11. The summed E-state index contributed by atoms with van der Waals surface area (Å²) >= 11 is 0. The van der Waals surface area contributed by atoms with Crippen molar-refractivity contribution in [2.45, 2.75) is 19.4 Å². The van der Waals surface area contributed by atoms with Gasteiger partial charge in [-0.3, -0.25) is 5.32 Å². The fourth-order valence-electron chi connectivity index (χ4n) is 1.41. The van der Waals surface area contributed by atoms with Gasteiger partial charge in [0.2, 0.25) is 0 Å². The second-order valence-electron chi connectivity index (χ2n) is 3.51. The van der Waals surface area contributed by atoms with E-state index in [4.69, 9.17) is 10.4 Å². The number of nitrogens with one attached hydrogen (secondary N) is 1. The number of aliphatic hydroxyl groups is 1. The number of aliphatic hydroxyl groups excluding tert-OH is 1. The molecule has 0 radical (unpaired) electrons. The molecule has 1 atom stereocenters. The Morgan fingerprint density at radius 1 is 1.53 bits per heavy atom. The summed E-state index contributed by atoms with van der Waals surface area (Å²) in [6, 6.07) is 9.82. The molecule has 1 rings (SSSR count). The van der Waals surface area contributed by atoms with Gasteiger partial charge in [0, 0.05) is 6.61 Å². The number of rotatable bonds is 5. The zero-order valence-electron chi connectivity index (χ0n) is 8.90. The minimum Gasteiger partial charge on any atom is -0.396 e. The van der Waals surface area contributed by atoms with Crippen molar-refractivity contribution in [1.82, 2.24) is 5.32 Å². The molecule has 2 N–H and O–H groups in total. The third kappa shape index (κ3) is 3.70. The quantitative estimate of drug-likeness (QED) is 0.715. The second-order valence-corrected chi connectivity index (χ2v) is 3.51. The molecule has 1 unspecified atom stereocenters. The van der Waals surface area contributed by atoms with Gasteiger partial charge in [0.25, 0.3) is 0 Å². The monoisotopic (exact) mass is 204 g/mol. The Hall–Kier alpha value is -1.37. The first-order valence-electron chi connectivity index (χ1n) is 5.08. The molecule has 0 fully saturated rings. The van der Waals surface area contributed by atoms with Crippen molar-refractivity contribution in [2.75, 3.05) is 13.2 Å². The predicted molar refractivity (Wildman–Crippen MR) is 59.2 cm³/mol. The minimum absolute atomic E-state index is 0.152. The van der Waals surface area contributed by atoms with E-state index in [0.717, 1.165) is 11.1 Å². The Morgan fingerprint density at radius 3 is 2.93 bits per heavy atom. The highest BCUT2D eigenvalue weighted by atomic mass is 16.3. The van der Waals surface area contributed by atoms with Crippen LogP contribution in [0.4, 0.5) is 0 Å². The van der Waals surface area contributed by atoms with Crippen LogP contribution >= 0.6 is 0 Å². The molecule has 15 heavy (non-hydrogen) atoms. The largest absolute Gasteiger partial charge is 0.396 e. The summed E-state index contributed by atoms with van der Waals surface area (Å²) < 4.78 is 0. The van der Waals surface area contributed by atoms with Crippen molar-refractivity contribution in [3.05, 3.63) is 35.4 Å². The third-order valence-corrected chi connectivity index (χ3v) is 2.19. The maximum Gasteiger partial charge on any atom is 0.121 e. The molecule has 0 spiro atoms. The van der Waals surface area contributed by atoms with E-state index in [9.17, 15) is 0 Å². The van der Waals surface area contributed by atoms with Crippen molar-refractivity contribution in [3.8, 4) is 6.07 Å². The molecule has 0 amide bonds. The fourth-order valence-corrected chi connectivity index (χ4v) is 1.41. The van der Waals surface area contributed by atoms with E-state index >= 15 is 0 Å². The van der Waals surface area contributed by atoms with E-state index in [1.54, 1.807) is 0 Å². The molecule has 0 aliphatic heterocycles. The second kappa shape index (κ2) is 6.18. The summed E-state index contributed by atoms with van der Waals surface area (Å²) in [5.74, 6) is 0.